The molecule has 1 fully saturated rings. The first kappa shape index (κ1) is 34.5. The maximum Gasteiger partial charge on any atom is 0.303 e. The molecule has 2 rings (SSSR count). The highest BCUT2D eigenvalue weighted by atomic mass is 32.2. The van der Waals surface area contributed by atoms with Gasteiger partial charge in [0.25, 0.3) is 0 Å². The van der Waals surface area contributed by atoms with Gasteiger partial charge in [0.15, 0.2) is 0 Å². The van der Waals surface area contributed by atoms with E-state index in [1.165, 1.54) is 0 Å². The monoisotopic (exact) mass is 505 g/mol. The third kappa shape index (κ3) is 12.1. The van der Waals surface area contributed by atoms with Gasteiger partial charge in [0.1, 0.15) is 0 Å². The molecule has 0 saturated carbocycles. The number of nitrogens with two attached hydrogens (primary N) is 1. The number of carboxylic acid groups (broad SMARTS) is 1. The van der Waals surface area contributed by atoms with Crippen LogP contribution in [0.1, 0.15) is 86.5 Å². The zero-order valence-electron chi connectivity index (χ0n) is 22.1. The molecule has 0 unspecified atom stereocenters. The topological polar surface area (TPSA) is 104 Å². The fourth-order valence-electron chi connectivity index (χ4n) is 3.85. The van der Waals surface area contributed by atoms with Crippen molar-refractivity contribution in [3.8, 4) is 0 Å². The minimum Gasteiger partial charge on any atom is -0.481 e. The number of sulfonamides is 1. The SMILES string of the molecule is CC.CC.CCCN(CCC)S(=O)(=O)c1ccc(N2CCC(CCCC(=O)O)CC2)cc1.NF. The number of halogens is 1. The number of hydrogen-bond acceptors (Lipinski definition) is 5. The van der Waals surface area contributed by atoms with E-state index in [0.29, 0.717) is 23.9 Å². The standard InChI is InChI=1S/C21H34N2O4S.2C2H6.FH2N/c1-3-14-23(15-4-2)28(26,27)20-10-8-19(9-11-20)22-16-12-18(13-17-22)6-5-7-21(24)25;3*1-2/h8-11,18H,3-7,12-17H2,1-2H3,(H,24,25);2*1-2H3;2H2. The molecule has 0 bridgehead atoms. The van der Waals surface area contributed by atoms with E-state index in [2.05, 4.69) is 10.9 Å². The molecule has 34 heavy (non-hydrogen) atoms. The van der Waals surface area contributed by atoms with Gasteiger partial charge in [-0.25, -0.2) is 8.42 Å². The van der Waals surface area contributed by atoms with Crippen LogP contribution >= 0.6 is 0 Å². The number of benzene rings is 1. The van der Waals surface area contributed by atoms with E-state index >= 15 is 0 Å². The third-order valence-electron chi connectivity index (χ3n) is 5.40. The smallest absolute Gasteiger partial charge is 0.303 e. The Balaban J connectivity index is 0. The minimum absolute atomic E-state index is 0.253. The Kier molecular flexibility index (Phi) is 20.9. The van der Waals surface area contributed by atoms with Crippen LogP contribution in [0.4, 0.5) is 10.2 Å². The van der Waals surface area contributed by atoms with Crippen molar-refractivity contribution in [1.82, 2.24) is 4.31 Å². The molecule has 0 spiro atoms. The zero-order chi connectivity index (χ0) is 26.6. The van der Waals surface area contributed by atoms with Gasteiger partial charge in [-0.2, -0.15) is 10.3 Å². The van der Waals surface area contributed by atoms with E-state index in [0.717, 1.165) is 57.3 Å². The maximum atomic E-state index is 12.9. The lowest BCUT2D eigenvalue weighted by Gasteiger charge is -2.33. The molecule has 0 amide bonds. The quantitative estimate of drug-likeness (QED) is 0.366. The van der Waals surface area contributed by atoms with E-state index < -0.39 is 16.0 Å². The second kappa shape index (κ2) is 20.6. The minimum atomic E-state index is -3.43. The lowest BCUT2D eigenvalue weighted by atomic mass is 9.91. The van der Waals surface area contributed by atoms with Gasteiger partial charge in [0, 0.05) is 38.3 Å². The van der Waals surface area contributed by atoms with E-state index in [9.17, 15) is 13.2 Å². The van der Waals surface area contributed by atoms with Crippen molar-refractivity contribution in [3.63, 3.8) is 0 Å². The molecule has 9 heteroatoms. The van der Waals surface area contributed by atoms with Gasteiger partial charge in [0.05, 0.1) is 4.90 Å². The molecule has 0 radical (unpaired) electrons. The van der Waals surface area contributed by atoms with Crippen LogP contribution in [-0.4, -0.2) is 50.0 Å². The van der Waals surface area contributed by atoms with E-state index in [1.807, 2.05) is 53.7 Å². The Morgan fingerprint density at radius 1 is 1.03 bits per heavy atom. The highest BCUT2D eigenvalue weighted by molar-refractivity contribution is 7.89. The van der Waals surface area contributed by atoms with Gasteiger partial charge in [-0.3, -0.25) is 4.79 Å². The summed E-state index contributed by atoms with van der Waals surface area (Å²) in [5.41, 5.74) is 1.06. The average molecular weight is 506 g/mol. The Labute approximate surface area is 207 Å². The van der Waals surface area contributed by atoms with Gasteiger partial charge in [0.2, 0.25) is 10.0 Å². The van der Waals surface area contributed by atoms with Crippen LogP contribution in [0, 0.1) is 5.92 Å². The van der Waals surface area contributed by atoms with Crippen LogP contribution in [0.2, 0.25) is 0 Å². The van der Waals surface area contributed by atoms with E-state index in [4.69, 9.17) is 9.59 Å². The molecule has 1 aliphatic rings. The number of hydrogen-bond donors (Lipinski definition) is 2. The fourth-order valence-corrected chi connectivity index (χ4v) is 5.47. The molecule has 0 aliphatic carbocycles. The summed E-state index contributed by atoms with van der Waals surface area (Å²) < 4.78 is 36.3. The van der Waals surface area contributed by atoms with E-state index in [1.54, 1.807) is 16.4 Å². The first-order chi connectivity index (χ1) is 16.4. The molecule has 200 valence electrons. The molecule has 1 aliphatic heterocycles. The molecule has 3 N–H and O–H groups in total. The summed E-state index contributed by atoms with van der Waals surface area (Å²) in [6, 6.07) is 7.27. The van der Waals surface area contributed by atoms with Crippen LogP contribution in [-0.2, 0) is 14.8 Å². The van der Waals surface area contributed by atoms with Crippen molar-refractivity contribution in [2.45, 2.75) is 91.4 Å². The molecule has 0 aromatic heterocycles. The van der Waals surface area contributed by atoms with Gasteiger partial charge >= 0.3 is 5.97 Å². The summed E-state index contributed by atoms with van der Waals surface area (Å²) in [6.07, 6.45) is 5.70. The van der Waals surface area contributed by atoms with Crippen molar-refractivity contribution in [1.29, 1.82) is 0 Å². The highest BCUT2D eigenvalue weighted by Gasteiger charge is 2.24. The van der Waals surface area contributed by atoms with Gasteiger partial charge < -0.3 is 10.0 Å². The number of rotatable bonds is 11. The number of piperidine rings is 1. The first-order valence-corrected chi connectivity index (χ1v) is 14.1. The second-order valence-corrected chi connectivity index (χ2v) is 9.55. The van der Waals surface area contributed by atoms with Crippen LogP contribution < -0.4 is 10.9 Å². The predicted octanol–water partition coefficient (Wildman–Crippen LogP) is 5.85. The predicted molar refractivity (Wildman–Crippen MR) is 140 cm³/mol. The van der Waals surface area contributed by atoms with Gasteiger partial charge in [-0.1, -0.05) is 41.5 Å². The summed E-state index contributed by atoms with van der Waals surface area (Å²) in [7, 11) is -3.43. The summed E-state index contributed by atoms with van der Waals surface area (Å²) in [5, 5.41) is 8.75. The molecule has 7 nitrogen and oxygen atoms in total. The molecular formula is C25H48FN3O4S. The Morgan fingerprint density at radius 2 is 1.50 bits per heavy atom. The van der Waals surface area contributed by atoms with E-state index in [-0.39, 0.29) is 6.42 Å². The van der Waals surface area contributed by atoms with Crippen molar-refractivity contribution in [2.24, 2.45) is 11.9 Å². The van der Waals surface area contributed by atoms with Crippen molar-refractivity contribution >= 4 is 21.7 Å². The number of nitrogens with zero attached hydrogens (tertiary/aromatic N) is 2. The van der Waals surface area contributed by atoms with Crippen LogP contribution in [0.15, 0.2) is 29.2 Å². The van der Waals surface area contributed by atoms with Crippen LogP contribution in [0.5, 0.6) is 0 Å². The zero-order valence-corrected chi connectivity index (χ0v) is 22.9. The summed E-state index contributed by atoms with van der Waals surface area (Å²) >= 11 is 0. The molecule has 1 aromatic rings. The largest absolute Gasteiger partial charge is 0.481 e. The third-order valence-corrected chi connectivity index (χ3v) is 7.32. The van der Waals surface area contributed by atoms with Crippen molar-refractivity contribution in [2.75, 3.05) is 31.1 Å². The van der Waals surface area contributed by atoms with Gasteiger partial charge in [-0.15, -0.1) is 4.48 Å². The van der Waals surface area contributed by atoms with Crippen LogP contribution in [0.3, 0.4) is 0 Å². The number of anilines is 1. The summed E-state index contributed by atoms with van der Waals surface area (Å²) in [6.45, 7) is 14.9. The Bertz CT molecular complexity index is 716. The molecule has 0 atom stereocenters. The van der Waals surface area contributed by atoms with Crippen molar-refractivity contribution < 1.29 is 22.8 Å². The maximum absolute atomic E-state index is 12.9. The highest BCUT2D eigenvalue weighted by Crippen LogP contribution is 2.28. The van der Waals surface area contributed by atoms with Gasteiger partial charge in [-0.05, 0) is 68.7 Å². The molecule has 1 saturated heterocycles. The second-order valence-electron chi connectivity index (χ2n) is 7.61. The Morgan fingerprint density at radius 3 is 1.91 bits per heavy atom. The number of aliphatic carboxylic acids is 1. The summed E-state index contributed by atoms with van der Waals surface area (Å²) in [4.78, 5) is 13.3. The first-order valence-electron chi connectivity index (χ1n) is 12.7. The fraction of sp³-hybridized carbons (Fsp3) is 0.720. The van der Waals surface area contributed by atoms with Crippen LogP contribution in [0.25, 0.3) is 0 Å². The summed E-state index contributed by atoms with van der Waals surface area (Å²) in [5.74, 6) is 2.87. The average Bonchev–Trinajstić information content (AvgIpc) is 2.88. The number of carbonyl (C=O) groups is 1. The normalized spacial score (nSPS) is 13.6. The lowest BCUT2D eigenvalue weighted by molar-refractivity contribution is -0.137. The van der Waals surface area contributed by atoms with Crippen molar-refractivity contribution in [3.05, 3.63) is 24.3 Å². The Hall–Kier alpha value is -1.71. The molecular weight excluding hydrogens is 457 g/mol. The lowest BCUT2D eigenvalue weighted by Crippen LogP contribution is -2.34. The number of carboxylic acids is 1. The molecule has 1 aromatic carbocycles. The molecule has 1 heterocycles.